The van der Waals surface area contributed by atoms with E-state index in [1.165, 1.54) is 302 Å². The molecule has 6 heteroatoms. The summed E-state index contributed by atoms with van der Waals surface area (Å²) < 4.78 is 5.47. The van der Waals surface area contributed by atoms with Gasteiger partial charge in [-0.1, -0.05) is 321 Å². The highest BCUT2D eigenvalue weighted by Gasteiger charge is 2.20. The number of aliphatic hydroxyl groups excluding tert-OH is 2. The summed E-state index contributed by atoms with van der Waals surface area (Å²) in [7, 11) is 0. The molecule has 6 nitrogen and oxygen atoms in total. The van der Waals surface area contributed by atoms with Crippen molar-refractivity contribution in [2.45, 2.75) is 386 Å². The smallest absolute Gasteiger partial charge is 0.305 e. The van der Waals surface area contributed by atoms with Crippen LogP contribution < -0.4 is 5.32 Å². The van der Waals surface area contributed by atoms with Gasteiger partial charge in [0.25, 0.3) is 0 Å². The fraction of sp³-hybridized carbons (Fsp3) is 0.939. The molecule has 0 aliphatic heterocycles. The molecular weight excluding hydrogens is 887 g/mol. The van der Waals surface area contributed by atoms with E-state index in [1.54, 1.807) is 0 Å². The fourth-order valence-electron chi connectivity index (χ4n) is 10.5. The van der Waals surface area contributed by atoms with Gasteiger partial charge in [-0.25, -0.2) is 0 Å². The topological polar surface area (TPSA) is 95.9 Å². The van der Waals surface area contributed by atoms with Crippen molar-refractivity contribution in [2.24, 2.45) is 0 Å². The number of rotatable bonds is 62. The SMILES string of the molecule is CCCCCCCCCCCCCCCCCCCCCCCC(O)C(CO)NC(=O)CCCCCCCCC/C=C\CCCCCCCCCCCCCOC(=O)CCCCCCCCCCCCCC. The van der Waals surface area contributed by atoms with Crippen LogP contribution in [0.25, 0.3) is 0 Å². The molecule has 0 fully saturated rings. The first-order valence-corrected chi connectivity index (χ1v) is 32.9. The van der Waals surface area contributed by atoms with Gasteiger partial charge < -0.3 is 20.3 Å². The average molecular weight is 1020 g/mol. The molecule has 0 aromatic heterocycles. The van der Waals surface area contributed by atoms with Crippen LogP contribution in [0.2, 0.25) is 0 Å². The summed E-state index contributed by atoms with van der Waals surface area (Å²) in [4.78, 5) is 24.5. The molecule has 0 heterocycles. The third-order valence-corrected chi connectivity index (χ3v) is 15.6. The molecule has 0 aromatic rings. The summed E-state index contributed by atoms with van der Waals surface area (Å²) >= 11 is 0. The van der Waals surface area contributed by atoms with Gasteiger partial charge in [0, 0.05) is 12.8 Å². The van der Waals surface area contributed by atoms with E-state index in [0.717, 1.165) is 38.5 Å². The van der Waals surface area contributed by atoms with Crippen LogP contribution in [-0.4, -0.2) is 47.4 Å². The lowest BCUT2D eigenvalue weighted by Gasteiger charge is -2.22. The maximum absolute atomic E-state index is 12.5. The Balaban J connectivity index is 3.41. The second kappa shape index (κ2) is 62.1. The van der Waals surface area contributed by atoms with E-state index in [2.05, 4.69) is 31.3 Å². The van der Waals surface area contributed by atoms with Crippen LogP contribution in [0.15, 0.2) is 12.2 Å². The van der Waals surface area contributed by atoms with Crippen LogP contribution in [0.3, 0.4) is 0 Å². The van der Waals surface area contributed by atoms with Gasteiger partial charge in [-0.05, 0) is 51.4 Å². The lowest BCUT2D eigenvalue weighted by atomic mass is 10.0. The lowest BCUT2D eigenvalue weighted by Crippen LogP contribution is -2.45. The Morgan fingerprint density at radius 1 is 0.375 bits per heavy atom. The predicted octanol–water partition coefficient (Wildman–Crippen LogP) is 20.8. The summed E-state index contributed by atoms with van der Waals surface area (Å²) in [5.41, 5.74) is 0. The number of carbonyl (C=O) groups excluding carboxylic acids is 2. The highest BCUT2D eigenvalue weighted by atomic mass is 16.5. The Hall–Kier alpha value is -1.40. The molecule has 0 aliphatic carbocycles. The van der Waals surface area contributed by atoms with Crippen LogP contribution in [-0.2, 0) is 14.3 Å². The van der Waals surface area contributed by atoms with Gasteiger partial charge in [-0.15, -0.1) is 0 Å². The number of unbranched alkanes of at least 4 members (excludes halogenated alkanes) is 49. The molecule has 3 N–H and O–H groups in total. The Bertz CT molecular complexity index is 1080. The molecule has 0 saturated heterocycles. The minimum atomic E-state index is -0.669. The molecule has 72 heavy (non-hydrogen) atoms. The van der Waals surface area contributed by atoms with Crippen LogP contribution in [0, 0.1) is 0 Å². The van der Waals surface area contributed by atoms with Gasteiger partial charge in [-0.2, -0.15) is 0 Å². The minimum Gasteiger partial charge on any atom is -0.466 e. The highest BCUT2D eigenvalue weighted by Crippen LogP contribution is 2.18. The van der Waals surface area contributed by atoms with Gasteiger partial charge in [0.05, 0.1) is 25.4 Å². The molecule has 1 amide bonds. The summed E-state index contributed by atoms with van der Waals surface area (Å²) in [6.45, 7) is 4.98. The van der Waals surface area contributed by atoms with Gasteiger partial charge in [0.15, 0.2) is 0 Å². The van der Waals surface area contributed by atoms with E-state index in [9.17, 15) is 19.8 Å². The normalized spacial score (nSPS) is 12.6. The molecular formula is C66H129NO5. The average Bonchev–Trinajstić information content (AvgIpc) is 3.38. The van der Waals surface area contributed by atoms with Gasteiger partial charge in [0.1, 0.15) is 0 Å². The summed E-state index contributed by atoms with van der Waals surface area (Å²) in [5, 5.41) is 23.4. The van der Waals surface area contributed by atoms with Crippen LogP contribution in [0.1, 0.15) is 373 Å². The standard InChI is InChI=1S/C66H129NO5/c1-3-5-7-9-11-13-15-17-18-19-20-23-26-29-32-35-38-42-46-50-54-58-64(69)63(62-68)67-65(70)59-55-51-47-43-39-36-33-30-27-24-21-22-25-28-31-34-37-41-45-49-53-57-61-72-66(71)60-56-52-48-44-40-16-14-12-10-8-6-4-2/h24,27,63-64,68-69H,3-23,25-26,28-62H2,1-2H3,(H,67,70)/b27-24-. The number of esters is 1. The monoisotopic (exact) mass is 1020 g/mol. The third kappa shape index (κ3) is 57.9. The number of nitrogens with one attached hydrogen (secondary N) is 1. The quantitative estimate of drug-likeness (QED) is 0.0320. The summed E-state index contributed by atoms with van der Waals surface area (Å²) in [6, 6.07) is -0.547. The van der Waals surface area contributed by atoms with Crippen LogP contribution in [0.5, 0.6) is 0 Å². The Morgan fingerprint density at radius 2 is 0.653 bits per heavy atom. The van der Waals surface area contributed by atoms with E-state index in [-0.39, 0.29) is 18.5 Å². The molecule has 0 radical (unpaired) electrons. The van der Waals surface area contributed by atoms with Crippen molar-refractivity contribution in [3.63, 3.8) is 0 Å². The van der Waals surface area contributed by atoms with E-state index in [0.29, 0.717) is 25.9 Å². The minimum absolute atomic E-state index is 0.0116. The van der Waals surface area contributed by atoms with Gasteiger partial charge in [0.2, 0.25) is 5.91 Å². The first-order valence-electron chi connectivity index (χ1n) is 32.9. The predicted molar refractivity (Wildman–Crippen MR) is 315 cm³/mol. The van der Waals surface area contributed by atoms with Crippen LogP contribution in [0.4, 0.5) is 0 Å². The van der Waals surface area contributed by atoms with Crippen molar-refractivity contribution in [3.8, 4) is 0 Å². The summed E-state index contributed by atoms with van der Waals surface area (Å²) in [5.74, 6) is -0.0260. The van der Waals surface area contributed by atoms with Crippen molar-refractivity contribution in [3.05, 3.63) is 12.2 Å². The van der Waals surface area contributed by atoms with E-state index < -0.39 is 12.1 Å². The van der Waals surface area contributed by atoms with Crippen molar-refractivity contribution in [1.29, 1.82) is 0 Å². The molecule has 0 spiro atoms. The van der Waals surface area contributed by atoms with Crippen molar-refractivity contribution in [2.75, 3.05) is 13.2 Å². The molecule has 0 saturated carbocycles. The number of amides is 1. The zero-order valence-electron chi connectivity index (χ0n) is 48.9. The lowest BCUT2D eigenvalue weighted by molar-refractivity contribution is -0.143. The molecule has 0 rings (SSSR count). The molecule has 2 unspecified atom stereocenters. The molecule has 0 aromatic carbocycles. The highest BCUT2D eigenvalue weighted by molar-refractivity contribution is 5.76. The van der Waals surface area contributed by atoms with E-state index in [1.807, 2.05) is 0 Å². The van der Waals surface area contributed by atoms with E-state index in [4.69, 9.17) is 4.74 Å². The second-order valence-corrected chi connectivity index (χ2v) is 22.8. The first-order chi connectivity index (χ1) is 35.5. The van der Waals surface area contributed by atoms with E-state index >= 15 is 0 Å². The zero-order chi connectivity index (χ0) is 52.2. The largest absolute Gasteiger partial charge is 0.466 e. The van der Waals surface area contributed by atoms with Gasteiger partial charge >= 0.3 is 5.97 Å². The third-order valence-electron chi connectivity index (χ3n) is 15.6. The fourth-order valence-corrected chi connectivity index (χ4v) is 10.5. The summed E-state index contributed by atoms with van der Waals surface area (Å²) in [6.07, 6.45) is 75.2. The number of aliphatic hydroxyl groups is 2. The Kier molecular flexibility index (Phi) is 60.9. The molecule has 0 bridgehead atoms. The molecule has 2 atom stereocenters. The molecule has 0 aliphatic rings. The number of ether oxygens (including phenoxy) is 1. The van der Waals surface area contributed by atoms with Crippen molar-refractivity contribution in [1.82, 2.24) is 5.32 Å². The Labute approximate surface area is 450 Å². The number of allylic oxidation sites excluding steroid dienone is 2. The number of hydrogen-bond acceptors (Lipinski definition) is 5. The maximum atomic E-state index is 12.5. The first kappa shape index (κ1) is 70.6. The van der Waals surface area contributed by atoms with Crippen molar-refractivity contribution >= 4 is 11.9 Å². The number of carbonyl (C=O) groups is 2. The Morgan fingerprint density at radius 3 is 0.986 bits per heavy atom. The molecule has 428 valence electrons. The maximum Gasteiger partial charge on any atom is 0.305 e. The number of hydrogen-bond donors (Lipinski definition) is 3. The van der Waals surface area contributed by atoms with Crippen molar-refractivity contribution < 1.29 is 24.5 Å². The zero-order valence-corrected chi connectivity index (χ0v) is 48.9. The van der Waals surface area contributed by atoms with Gasteiger partial charge in [-0.3, -0.25) is 9.59 Å². The van der Waals surface area contributed by atoms with Crippen LogP contribution >= 0.6 is 0 Å². The second-order valence-electron chi connectivity index (χ2n) is 22.8.